The summed E-state index contributed by atoms with van der Waals surface area (Å²) in [6.45, 7) is 3.71. The molecule has 0 aliphatic carbocycles. The number of ether oxygens (including phenoxy) is 1. The summed E-state index contributed by atoms with van der Waals surface area (Å²) in [6.07, 6.45) is 0.0453. The van der Waals surface area contributed by atoms with Crippen molar-refractivity contribution in [2.75, 3.05) is 20.2 Å². The summed E-state index contributed by atoms with van der Waals surface area (Å²) in [6, 6.07) is 4.94. The number of methoxy groups -OCH3 is 1. The van der Waals surface area contributed by atoms with E-state index in [0.717, 1.165) is 0 Å². The number of ketones is 1. The van der Waals surface area contributed by atoms with Crippen molar-refractivity contribution < 1.29 is 19.1 Å². The molecule has 0 saturated heterocycles. The van der Waals surface area contributed by atoms with E-state index in [0.29, 0.717) is 23.4 Å². The maximum absolute atomic E-state index is 11.8. The predicted molar refractivity (Wildman–Crippen MR) is 78.4 cm³/mol. The summed E-state index contributed by atoms with van der Waals surface area (Å²) in [4.78, 5) is 34.5. The smallest absolute Gasteiger partial charge is 0.239 e. The van der Waals surface area contributed by atoms with Gasteiger partial charge in [-0.25, -0.2) is 0 Å². The van der Waals surface area contributed by atoms with Crippen LogP contribution in [0.4, 0.5) is 0 Å². The van der Waals surface area contributed by atoms with E-state index in [1.165, 1.54) is 14.0 Å². The topological polar surface area (TPSA) is 84.5 Å². The van der Waals surface area contributed by atoms with Gasteiger partial charge in [-0.2, -0.15) is 0 Å². The Bertz CT molecular complexity index is 540. The molecule has 0 unspecified atom stereocenters. The first kappa shape index (κ1) is 16.7. The molecule has 114 valence electrons. The lowest BCUT2D eigenvalue weighted by atomic mass is 10.0. The monoisotopic (exact) mass is 292 g/mol. The molecule has 0 bridgehead atoms. The Morgan fingerprint density at radius 1 is 1.14 bits per heavy atom. The number of carbonyl (C=O) groups excluding carboxylic acids is 3. The molecule has 6 heteroatoms. The van der Waals surface area contributed by atoms with Gasteiger partial charge >= 0.3 is 0 Å². The van der Waals surface area contributed by atoms with Crippen molar-refractivity contribution in [3.63, 3.8) is 0 Å². The van der Waals surface area contributed by atoms with Crippen molar-refractivity contribution in [3.05, 3.63) is 29.3 Å². The van der Waals surface area contributed by atoms with E-state index in [1.807, 2.05) is 0 Å². The molecule has 0 saturated carbocycles. The highest BCUT2D eigenvalue weighted by molar-refractivity contribution is 5.95. The maximum atomic E-state index is 11.8. The molecular formula is C15H20N2O4. The number of carbonyl (C=O) groups is 3. The lowest BCUT2D eigenvalue weighted by Gasteiger charge is -2.10. The molecule has 21 heavy (non-hydrogen) atoms. The zero-order valence-electron chi connectivity index (χ0n) is 12.5. The van der Waals surface area contributed by atoms with E-state index in [1.54, 1.807) is 25.1 Å². The first-order chi connectivity index (χ1) is 9.97. The van der Waals surface area contributed by atoms with E-state index in [4.69, 9.17) is 4.74 Å². The molecule has 0 atom stereocenters. The Kier molecular flexibility index (Phi) is 6.39. The summed E-state index contributed by atoms with van der Waals surface area (Å²) >= 11 is 0. The molecular weight excluding hydrogens is 272 g/mol. The molecule has 0 aromatic heterocycles. The lowest BCUT2D eigenvalue weighted by Crippen LogP contribution is -2.37. The van der Waals surface area contributed by atoms with Crippen LogP contribution in [0.3, 0.4) is 0 Å². The van der Waals surface area contributed by atoms with Crippen molar-refractivity contribution in [2.24, 2.45) is 0 Å². The number of benzene rings is 1. The van der Waals surface area contributed by atoms with Crippen LogP contribution in [0, 0.1) is 0 Å². The highest BCUT2D eigenvalue weighted by atomic mass is 16.5. The summed E-state index contributed by atoms with van der Waals surface area (Å²) in [7, 11) is 1.50. The molecule has 1 rings (SSSR count). The van der Waals surface area contributed by atoms with Gasteiger partial charge in [-0.3, -0.25) is 14.4 Å². The molecule has 0 heterocycles. The Labute approximate surface area is 123 Å². The molecule has 0 spiro atoms. The molecule has 1 aromatic rings. The molecule has 2 N–H and O–H groups in total. The van der Waals surface area contributed by atoms with Crippen LogP contribution in [0.2, 0.25) is 0 Å². The second kappa shape index (κ2) is 8.04. The SMILES string of the molecule is CCNC(=O)CNC(=O)Cc1cc(C(C)=O)ccc1OC. The highest BCUT2D eigenvalue weighted by Gasteiger charge is 2.12. The van der Waals surface area contributed by atoms with Gasteiger partial charge in [0.15, 0.2) is 5.78 Å². The van der Waals surface area contributed by atoms with Crippen molar-refractivity contribution in [1.82, 2.24) is 10.6 Å². The van der Waals surface area contributed by atoms with Gasteiger partial charge < -0.3 is 15.4 Å². The largest absolute Gasteiger partial charge is 0.496 e. The quantitative estimate of drug-likeness (QED) is 0.724. The van der Waals surface area contributed by atoms with Crippen LogP contribution in [0.1, 0.15) is 29.8 Å². The number of hydrogen-bond donors (Lipinski definition) is 2. The van der Waals surface area contributed by atoms with E-state index in [-0.39, 0.29) is 30.6 Å². The first-order valence-corrected chi connectivity index (χ1v) is 6.69. The average Bonchev–Trinajstić information content (AvgIpc) is 2.45. The standard InChI is InChI=1S/C15H20N2O4/c1-4-16-15(20)9-17-14(19)8-12-7-11(10(2)18)5-6-13(12)21-3/h5-7H,4,8-9H2,1-3H3,(H,16,20)(H,17,19). The summed E-state index contributed by atoms with van der Waals surface area (Å²) in [5.41, 5.74) is 1.13. The molecule has 0 fully saturated rings. The summed E-state index contributed by atoms with van der Waals surface area (Å²) < 4.78 is 5.17. The Morgan fingerprint density at radius 2 is 1.86 bits per heavy atom. The van der Waals surface area contributed by atoms with Crippen molar-refractivity contribution in [2.45, 2.75) is 20.3 Å². The second-order valence-corrected chi connectivity index (χ2v) is 4.49. The zero-order valence-corrected chi connectivity index (χ0v) is 12.5. The summed E-state index contributed by atoms with van der Waals surface area (Å²) in [5, 5.41) is 5.11. The van der Waals surface area contributed by atoms with Gasteiger partial charge in [0, 0.05) is 17.7 Å². The van der Waals surface area contributed by atoms with Gasteiger partial charge in [0.05, 0.1) is 20.1 Å². The number of hydrogen-bond acceptors (Lipinski definition) is 4. The number of amides is 2. The molecule has 0 radical (unpaired) electrons. The minimum atomic E-state index is -0.305. The van der Waals surface area contributed by atoms with Crippen LogP contribution in [0.5, 0.6) is 5.75 Å². The van der Waals surface area contributed by atoms with Crippen LogP contribution < -0.4 is 15.4 Å². The van der Waals surface area contributed by atoms with Crippen LogP contribution in [-0.4, -0.2) is 37.8 Å². The van der Waals surface area contributed by atoms with Gasteiger partial charge in [-0.05, 0) is 32.0 Å². The van der Waals surface area contributed by atoms with Crippen LogP contribution in [0.15, 0.2) is 18.2 Å². The fourth-order valence-electron chi connectivity index (χ4n) is 1.81. The van der Waals surface area contributed by atoms with E-state index < -0.39 is 0 Å². The van der Waals surface area contributed by atoms with Gasteiger partial charge in [-0.15, -0.1) is 0 Å². The fraction of sp³-hybridized carbons (Fsp3) is 0.400. The minimum Gasteiger partial charge on any atom is -0.496 e. The van der Waals surface area contributed by atoms with E-state index in [9.17, 15) is 14.4 Å². The van der Waals surface area contributed by atoms with Crippen LogP contribution in [-0.2, 0) is 16.0 Å². The lowest BCUT2D eigenvalue weighted by molar-refractivity contribution is -0.125. The van der Waals surface area contributed by atoms with Gasteiger partial charge in [0.2, 0.25) is 11.8 Å². The van der Waals surface area contributed by atoms with Gasteiger partial charge in [0.25, 0.3) is 0 Å². The number of nitrogens with one attached hydrogen (secondary N) is 2. The molecule has 6 nitrogen and oxygen atoms in total. The second-order valence-electron chi connectivity index (χ2n) is 4.49. The molecule has 0 aliphatic heterocycles. The average molecular weight is 292 g/mol. The van der Waals surface area contributed by atoms with E-state index in [2.05, 4.69) is 10.6 Å². The third kappa shape index (κ3) is 5.25. The Hall–Kier alpha value is -2.37. The predicted octanol–water partition coefficient (Wildman–Crippen LogP) is 0.693. The summed E-state index contributed by atoms with van der Waals surface area (Å²) in [5.74, 6) is -0.0923. The van der Waals surface area contributed by atoms with Crippen molar-refractivity contribution >= 4 is 17.6 Å². The number of rotatable bonds is 7. The van der Waals surface area contributed by atoms with Crippen LogP contribution in [0.25, 0.3) is 0 Å². The van der Waals surface area contributed by atoms with E-state index >= 15 is 0 Å². The minimum absolute atomic E-state index is 0.0453. The molecule has 1 aromatic carbocycles. The fourth-order valence-corrected chi connectivity index (χ4v) is 1.81. The number of Topliss-reactive ketones (excluding diaryl/α,β-unsaturated/α-hetero) is 1. The third-order valence-corrected chi connectivity index (χ3v) is 2.86. The first-order valence-electron chi connectivity index (χ1n) is 6.69. The normalized spacial score (nSPS) is 9.86. The van der Waals surface area contributed by atoms with Crippen molar-refractivity contribution in [3.8, 4) is 5.75 Å². The van der Waals surface area contributed by atoms with Crippen molar-refractivity contribution in [1.29, 1.82) is 0 Å². The third-order valence-electron chi connectivity index (χ3n) is 2.86. The Balaban J connectivity index is 2.72. The zero-order chi connectivity index (χ0) is 15.8. The molecule has 2 amide bonds. The highest BCUT2D eigenvalue weighted by Crippen LogP contribution is 2.20. The number of likely N-dealkylation sites (N-methyl/N-ethyl adjacent to an activating group) is 1. The van der Waals surface area contributed by atoms with Crippen LogP contribution >= 0.6 is 0 Å². The Morgan fingerprint density at radius 3 is 2.43 bits per heavy atom. The van der Waals surface area contributed by atoms with Gasteiger partial charge in [-0.1, -0.05) is 0 Å². The maximum Gasteiger partial charge on any atom is 0.239 e. The van der Waals surface area contributed by atoms with Gasteiger partial charge in [0.1, 0.15) is 5.75 Å². The molecule has 0 aliphatic rings.